The van der Waals surface area contributed by atoms with E-state index in [0.29, 0.717) is 12.1 Å². The van der Waals surface area contributed by atoms with Crippen LogP contribution in [0.2, 0.25) is 0 Å². The topological polar surface area (TPSA) is 93.7 Å². The molecule has 7 heteroatoms. The number of amides is 2. The Hall–Kier alpha value is -2.57. The molecule has 2 N–H and O–H groups in total. The van der Waals surface area contributed by atoms with Gasteiger partial charge in [-0.25, -0.2) is 9.59 Å². The highest BCUT2D eigenvalue weighted by Gasteiger charge is 2.19. The van der Waals surface area contributed by atoms with Crippen molar-refractivity contribution in [2.24, 2.45) is 0 Å². The number of esters is 1. The lowest BCUT2D eigenvalue weighted by atomic mass is 10.1. The van der Waals surface area contributed by atoms with Gasteiger partial charge in [0.2, 0.25) is 5.91 Å². The molecule has 28 heavy (non-hydrogen) atoms. The summed E-state index contributed by atoms with van der Waals surface area (Å²) in [6, 6.07) is 4.52. The molecule has 0 atom stereocenters. The summed E-state index contributed by atoms with van der Waals surface area (Å²) >= 11 is 0. The zero-order chi connectivity index (χ0) is 21.7. The third-order valence-corrected chi connectivity index (χ3v) is 3.36. The van der Waals surface area contributed by atoms with Crippen molar-refractivity contribution in [2.45, 2.75) is 72.8 Å². The number of nitrogens with one attached hydrogen (secondary N) is 2. The molecule has 1 aromatic carbocycles. The number of methoxy groups -OCH3 is 1. The van der Waals surface area contributed by atoms with E-state index in [1.807, 2.05) is 13.8 Å². The van der Waals surface area contributed by atoms with E-state index in [2.05, 4.69) is 17.6 Å². The fraction of sp³-hybridized carbons (Fsp3) is 0.571. The number of carbonyl (C=O) groups is 3. The lowest BCUT2D eigenvalue weighted by molar-refractivity contribution is -0.116. The summed E-state index contributed by atoms with van der Waals surface area (Å²) in [7, 11) is 1.27. The predicted molar refractivity (Wildman–Crippen MR) is 112 cm³/mol. The van der Waals surface area contributed by atoms with Gasteiger partial charge in [0.05, 0.1) is 24.0 Å². The van der Waals surface area contributed by atoms with Crippen molar-refractivity contribution >= 4 is 29.3 Å². The van der Waals surface area contributed by atoms with Gasteiger partial charge in [0.15, 0.2) is 0 Å². The van der Waals surface area contributed by atoms with E-state index < -0.39 is 17.7 Å². The van der Waals surface area contributed by atoms with Crippen molar-refractivity contribution in [3.8, 4) is 0 Å². The minimum atomic E-state index is -0.680. The largest absolute Gasteiger partial charge is 0.465 e. The van der Waals surface area contributed by atoms with E-state index in [0.717, 1.165) is 19.3 Å². The summed E-state index contributed by atoms with van der Waals surface area (Å²) in [5.41, 5.74) is 0.242. The Kier molecular flexibility index (Phi) is 11.6. The maximum Gasteiger partial charge on any atom is 0.412 e. The van der Waals surface area contributed by atoms with E-state index in [1.54, 1.807) is 26.8 Å². The average molecular weight is 395 g/mol. The molecule has 0 saturated heterocycles. The van der Waals surface area contributed by atoms with Crippen molar-refractivity contribution < 1.29 is 23.9 Å². The Bertz CT molecular complexity index is 651. The van der Waals surface area contributed by atoms with Gasteiger partial charge in [-0.2, -0.15) is 0 Å². The quantitative estimate of drug-likeness (QED) is 0.479. The summed E-state index contributed by atoms with van der Waals surface area (Å²) < 4.78 is 9.92. The summed E-state index contributed by atoms with van der Waals surface area (Å²) in [5, 5.41) is 5.34. The molecule has 1 aromatic rings. The van der Waals surface area contributed by atoms with Crippen LogP contribution in [0.3, 0.4) is 0 Å². The van der Waals surface area contributed by atoms with Gasteiger partial charge in [0.25, 0.3) is 0 Å². The number of hydrogen-bond acceptors (Lipinski definition) is 5. The highest BCUT2D eigenvalue weighted by molar-refractivity contribution is 6.00. The maximum absolute atomic E-state index is 12.1. The van der Waals surface area contributed by atoms with Gasteiger partial charge in [-0.1, -0.05) is 33.6 Å². The Labute approximate surface area is 168 Å². The lowest BCUT2D eigenvalue weighted by Gasteiger charge is -2.21. The molecular formula is C21H34N2O5. The number of carbonyl (C=O) groups excluding carboxylic acids is 3. The van der Waals surface area contributed by atoms with Gasteiger partial charge in [-0.3, -0.25) is 10.1 Å². The van der Waals surface area contributed by atoms with Gasteiger partial charge in [0, 0.05) is 6.42 Å². The second kappa shape index (κ2) is 12.8. The van der Waals surface area contributed by atoms with E-state index in [-0.39, 0.29) is 17.2 Å². The van der Waals surface area contributed by atoms with E-state index in [4.69, 9.17) is 9.47 Å². The van der Waals surface area contributed by atoms with Crippen LogP contribution in [0.15, 0.2) is 18.2 Å². The SMILES string of the molecule is CC.CCCCCC(=O)Nc1ccc(C(=O)OC)cc1NC(=O)OC(C)(C)C. The monoisotopic (exact) mass is 394 g/mol. The molecular weight excluding hydrogens is 360 g/mol. The van der Waals surface area contributed by atoms with Crippen molar-refractivity contribution in [3.63, 3.8) is 0 Å². The fourth-order valence-electron chi connectivity index (χ4n) is 2.16. The van der Waals surface area contributed by atoms with Crippen LogP contribution < -0.4 is 10.6 Å². The highest BCUT2D eigenvalue weighted by Crippen LogP contribution is 2.25. The summed E-state index contributed by atoms with van der Waals surface area (Å²) in [6.07, 6.45) is 2.49. The first-order valence-corrected chi connectivity index (χ1v) is 9.68. The number of hydrogen-bond donors (Lipinski definition) is 2. The molecule has 1 rings (SSSR count). The van der Waals surface area contributed by atoms with Crippen LogP contribution in [0, 0.1) is 0 Å². The third-order valence-electron chi connectivity index (χ3n) is 3.36. The summed E-state index contributed by atoms with van der Waals surface area (Å²) in [4.78, 5) is 35.9. The first-order valence-electron chi connectivity index (χ1n) is 9.68. The zero-order valence-corrected chi connectivity index (χ0v) is 18.1. The van der Waals surface area contributed by atoms with Crippen LogP contribution in [0.1, 0.15) is 77.6 Å². The zero-order valence-electron chi connectivity index (χ0n) is 18.1. The van der Waals surface area contributed by atoms with Crippen LogP contribution in [-0.4, -0.2) is 30.7 Å². The van der Waals surface area contributed by atoms with Crippen molar-refractivity contribution in [3.05, 3.63) is 23.8 Å². The first kappa shape index (κ1) is 25.4. The van der Waals surface area contributed by atoms with E-state index >= 15 is 0 Å². The van der Waals surface area contributed by atoms with E-state index in [9.17, 15) is 14.4 Å². The van der Waals surface area contributed by atoms with Gasteiger partial charge in [0.1, 0.15) is 5.60 Å². The molecule has 0 aliphatic carbocycles. The predicted octanol–water partition coefficient (Wildman–Crippen LogP) is 5.37. The van der Waals surface area contributed by atoms with Crippen LogP contribution >= 0.6 is 0 Å². The van der Waals surface area contributed by atoms with Crippen LogP contribution in [0.5, 0.6) is 0 Å². The number of rotatable bonds is 7. The number of anilines is 2. The minimum absolute atomic E-state index is 0.156. The number of benzene rings is 1. The highest BCUT2D eigenvalue weighted by atomic mass is 16.6. The molecule has 0 bridgehead atoms. The van der Waals surface area contributed by atoms with Crippen molar-refractivity contribution in [2.75, 3.05) is 17.7 Å². The van der Waals surface area contributed by atoms with Crippen molar-refractivity contribution in [1.29, 1.82) is 0 Å². The third kappa shape index (κ3) is 9.94. The Morgan fingerprint density at radius 1 is 1.00 bits per heavy atom. The molecule has 0 saturated carbocycles. The molecule has 0 radical (unpaired) electrons. The van der Waals surface area contributed by atoms with Crippen LogP contribution in [-0.2, 0) is 14.3 Å². The normalized spacial score (nSPS) is 10.2. The Morgan fingerprint density at radius 2 is 1.64 bits per heavy atom. The van der Waals surface area contributed by atoms with E-state index in [1.165, 1.54) is 19.2 Å². The van der Waals surface area contributed by atoms with Gasteiger partial charge in [-0.15, -0.1) is 0 Å². The summed E-state index contributed by atoms with van der Waals surface area (Å²) in [5.74, 6) is -0.699. The van der Waals surface area contributed by atoms with Crippen LogP contribution in [0.4, 0.5) is 16.2 Å². The minimum Gasteiger partial charge on any atom is -0.465 e. The molecule has 2 amide bonds. The smallest absolute Gasteiger partial charge is 0.412 e. The second-order valence-electron chi connectivity index (χ2n) is 6.88. The molecule has 0 spiro atoms. The number of ether oxygens (including phenoxy) is 2. The van der Waals surface area contributed by atoms with Gasteiger partial charge in [-0.05, 0) is 45.4 Å². The molecule has 0 aromatic heterocycles. The maximum atomic E-state index is 12.1. The second-order valence-corrected chi connectivity index (χ2v) is 6.88. The lowest BCUT2D eigenvalue weighted by Crippen LogP contribution is -2.27. The molecule has 158 valence electrons. The standard InChI is InChI=1S/C19H28N2O5.C2H6/c1-6-7-8-9-16(22)20-14-11-10-13(17(23)25-5)12-15(14)21-18(24)26-19(2,3)4;1-2/h10-12H,6-9H2,1-5H3,(H,20,22)(H,21,24);1-2H3. The molecule has 0 aliphatic heterocycles. The van der Waals surface area contributed by atoms with Crippen molar-refractivity contribution in [1.82, 2.24) is 0 Å². The summed E-state index contributed by atoms with van der Waals surface area (Å²) in [6.45, 7) is 11.3. The molecule has 0 heterocycles. The Morgan fingerprint density at radius 3 is 2.18 bits per heavy atom. The van der Waals surface area contributed by atoms with Gasteiger partial charge < -0.3 is 14.8 Å². The molecule has 0 fully saturated rings. The molecule has 0 unspecified atom stereocenters. The van der Waals surface area contributed by atoms with Gasteiger partial charge >= 0.3 is 12.1 Å². The average Bonchev–Trinajstić information content (AvgIpc) is 2.62. The number of unbranched alkanes of at least 4 members (excludes halogenated alkanes) is 2. The Balaban J connectivity index is 0.00000352. The fourth-order valence-corrected chi connectivity index (χ4v) is 2.16. The van der Waals surface area contributed by atoms with Crippen LogP contribution in [0.25, 0.3) is 0 Å². The first-order chi connectivity index (χ1) is 13.2. The molecule has 7 nitrogen and oxygen atoms in total. The molecule has 0 aliphatic rings.